The van der Waals surface area contributed by atoms with Gasteiger partial charge in [0.05, 0.1) is 0 Å². The largest absolute Gasteiger partial charge is 0.300 e. The predicted molar refractivity (Wildman–Crippen MR) is 63.2 cm³/mol. The van der Waals surface area contributed by atoms with Gasteiger partial charge in [-0.15, -0.1) is 0 Å². The van der Waals surface area contributed by atoms with Gasteiger partial charge in [-0.05, 0) is 19.3 Å². The van der Waals surface area contributed by atoms with Crippen LogP contribution in [0.5, 0.6) is 0 Å². The molecular weight excluding hydrogens is 206 g/mol. The second-order valence-corrected chi connectivity index (χ2v) is 6.78. The molecule has 0 spiro atoms. The molecule has 15 heavy (non-hydrogen) atoms. The highest BCUT2D eigenvalue weighted by atomic mass is 32.2. The summed E-state index contributed by atoms with van der Waals surface area (Å²) in [5.41, 5.74) is 0. The Morgan fingerprint density at radius 1 is 1.20 bits per heavy atom. The van der Waals surface area contributed by atoms with Crippen molar-refractivity contribution < 1.29 is 4.79 Å². The summed E-state index contributed by atoms with van der Waals surface area (Å²) in [5.74, 6) is 1.81. The molecular formula is C12H19NOS. The molecule has 0 radical (unpaired) electrons. The van der Waals surface area contributed by atoms with Crippen LogP contribution in [0.3, 0.4) is 0 Å². The topological polar surface area (TPSA) is 20.3 Å². The van der Waals surface area contributed by atoms with Gasteiger partial charge in [-0.3, -0.25) is 9.69 Å². The van der Waals surface area contributed by atoms with E-state index in [0.29, 0.717) is 17.9 Å². The Hall–Kier alpha value is -0.0200. The number of hydrogen-bond donors (Lipinski definition) is 0. The monoisotopic (exact) mass is 225 g/mol. The Morgan fingerprint density at radius 3 is 2.40 bits per heavy atom. The number of piperidine rings is 1. The normalized spacial score (nSPS) is 46.3. The fourth-order valence-electron chi connectivity index (χ4n) is 3.60. The molecule has 3 aliphatic heterocycles. The lowest BCUT2D eigenvalue weighted by Crippen LogP contribution is -2.49. The molecule has 3 saturated heterocycles. The van der Waals surface area contributed by atoms with Gasteiger partial charge in [0.1, 0.15) is 5.78 Å². The minimum Gasteiger partial charge on any atom is -0.300 e. The molecule has 3 heteroatoms. The first-order valence-corrected chi connectivity index (χ1v) is 7.19. The van der Waals surface area contributed by atoms with Crippen LogP contribution in [-0.2, 0) is 4.79 Å². The van der Waals surface area contributed by atoms with Crippen LogP contribution >= 0.6 is 11.8 Å². The third-order valence-electron chi connectivity index (χ3n) is 4.20. The summed E-state index contributed by atoms with van der Waals surface area (Å²) in [4.78, 5) is 14.2. The first-order valence-electron chi connectivity index (χ1n) is 6.15. The van der Waals surface area contributed by atoms with Gasteiger partial charge in [0.25, 0.3) is 0 Å². The van der Waals surface area contributed by atoms with E-state index >= 15 is 0 Å². The van der Waals surface area contributed by atoms with Crippen LogP contribution in [0.1, 0.15) is 39.0 Å². The SMILES string of the molecule is CC1CC(N2C3CCC2CC(=O)C3)CS1. The zero-order valence-electron chi connectivity index (χ0n) is 9.32. The molecule has 0 saturated carbocycles. The molecule has 3 rings (SSSR count). The van der Waals surface area contributed by atoms with E-state index in [2.05, 4.69) is 23.6 Å². The molecule has 84 valence electrons. The minimum absolute atomic E-state index is 0.512. The molecule has 3 aliphatic rings. The van der Waals surface area contributed by atoms with E-state index in [-0.39, 0.29) is 0 Å². The molecule has 3 heterocycles. The molecule has 0 aliphatic carbocycles. The van der Waals surface area contributed by atoms with Crippen molar-refractivity contribution in [3.05, 3.63) is 0 Å². The Balaban J connectivity index is 1.74. The second kappa shape index (κ2) is 3.77. The maximum atomic E-state index is 11.5. The molecule has 4 atom stereocenters. The third kappa shape index (κ3) is 1.74. The molecule has 0 amide bonds. The van der Waals surface area contributed by atoms with Gasteiger partial charge in [-0.25, -0.2) is 0 Å². The summed E-state index contributed by atoms with van der Waals surface area (Å²) in [5, 5.41) is 0.826. The Bertz CT molecular complexity index is 265. The number of carbonyl (C=O) groups excluding carboxylic acids is 1. The lowest BCUT2D eigenvalue weighted by molar-refractivity contribution is -0.124. The summed E-state index contributed by atoms with van der Waals surface area (Å²) in [6, 6.07) is 1.98. The van der Waals surface area contributed by atoms with Crippen LogP contribution < -0.4 is 0 Å². The fourth-order valence-corrected chi connectivity index (χ4v) is 4.82. The quantitative estimate of drug-likeness (QED) is 0.681. The van der Waals surface area contributed by atoms with E-state index in [4.69, 9.17) is 0 Å². The summed E-state index contributed by atoms with van der Waals surface area (Å²) >= 11 is 2.11. The Kier molecular flexibility index (Phi) is 2.56. The number of ketones is 1. The number of carbonyl (C=O) groups is 1. The number of thioether (sulfide) groups is 1. The van der Waals surface area contributed by atoms with Crippen LogP contribution in [-0.4, -0.2) is 39.8 Å². The Labute approximate surface area is 95.8 Å². The number of rotatable bonds is 1. The van der Waals surface area contributed by atoms with Gasteiger partial charge < -0.3 is 0 Å². The lowest BCUT2D eigenvalue weighted by Gasteiger charge is -2.38. The molecule has 4 unspecified atom stereocenters. The predicted octanol–water partition coefficient (Wildman–Crippen LogP) is 2.08. The average Bonchev–Trinajstić information content (AvgIpc) is 2.69. The summed E-state index contributed by atoms with van der Waals surface area (Å²) in [6.45, 7) is 2.33. The smallest absolute Gasteiger partial charge is 0.136 e. The Morgan fingerprint density at radius 2 is 1.87 bits per heavy atom. The van der Waals surface area contributed by atoms with Crippen LogP contribution in [0.15, 0.2) is 0 Å². The highest BCUT2D eigenvalue weighted by Crippen LogP contribution is 2.40. The van der Waals surface area contributed by atoms with Gasteiger partial charge in [-0.1, -0.05) is 6.92 Å². The van der Waals surface area contributed by atoms with Gasteiger partial charge in [0.15, 0.2) is 0 Å². The molecule has 0 aromatic carbocycles. The van der Waals surface area contributed by atoms with Gasteiger partial charge in [0.2, 0.25) is 0 Å². The molecule has 0 N–H and O–H groups in total. The van der Waals surface area contributed by atoms with Crippen LogP contribution in [0.2, 0.25) is 0 Å². The van der Waals surface area contributed by atoms with E-state index < -0.39 is 0 Å². The average molecular weight is 225 g/mol. The van der Waals surface area contributed by atoms with Crippen LogP contribution in [0.25, 0.3) is 0 Å². The van der Waals surface area contributed by atoms with Crippen molar-refractivity contribution in [2.75, 3.05) is 5.75 Å². The van der Waals surface area contributed by atoms with Crippen molar-refractivity contribution in [3.8, 4) is 0 Å². The summed E-state index contributed by atoms with van der Waals surface area (Å²) < 4.78 is 0. The highest BCUT2D eigenvalue weighted by molar-refractivity contribution is 8.00. The lowest BCUT2D eigenvalue weighted by atomic mass is 9.98. The van der Waals surface area contributed by atoms with Gasteiger partial charge in [-0.2, -0.15) is 11.8 Å². The summed E-state index contributed by atoms with van der Waals surface area (Å²) in [6.07, 6.45) is 5.56. The van der Waals surface area contributed by atoms with E-state index in [1.54, 1.807) is 0 Å². The first kappa shape index (κ1) is 10.2. The van der Waals surface area contributed by atoms with Crippen molar-refractivity contribution in [1.82, 2.24) is 4.90 Å². The molecule has 2 nitrogen and oxygen atoms in total. The zero-order chi connectivity index (χ0) is 10.4. The van der Waals surface area contributed by atoms with Crippen molar-refractivity contribution >= 4 is 17.5 Å². The summed E-state index contributed by atoms with van der Waals surface area (Å²) in [7, 11) is 0. The van der Waals surface area contributed by atoms with Crippen molar-refractivity contribution in [1.29, 1.82) is 0 Å². The third-order valence-corrected chi connectivity index (χ3v) is 5.54. The minimum atomic E-state index is 0.512. The van der Waals surface area contributed by atoms with Crippen molar-refractivity contribution in [2.24, 2.45) is 0 Å². The van der Waals surface area contributed by atoms with E-state index in [1.807, 2.05) is 0 Å². The maximum absolute atomic E-state index is 11.5. The standard InChI is InChI=1S/C12H19NOS/c1-8-4-11(7-15-8)13-9-2-3-10(13)6-12(14)5-9/h8-11H,2-7H2,1H3. The van der Waals surface area contributed by atoms with Gasteiger partial charge in [0, 0.05) is 42.0 Å². The first-order chi connectivity index (χ1) is 7.24. The molecule has 0 aromatic heterocycles. The van der Waals surface area contributed by atoms with E-state index in [0.717, 1.165) is 24.1 Å². The number of Topliss-reactive ketones (excluding diaryl/α,β-unsaturated/α-hetero) is 1. The van der Waals surface area contributed by atoms with Crippen molar-refractivity contribution in [2.45, 2.75) is 62.4 Å². The maximum Gasteiger partial charge on any atom is 0.136 e. The van der Waals surface area contributed by atoms with Crippen molar-refractivity contribution in [3.63, 3.8) is 0 Å². The number of fused-ring (bicyclic) bond motifs is 2. The molecule has 2 bridgehead atoms. The fraction of sp³-hybridized carbons (Fsp3) is 0.917. The molecule has 3 fully saturated rings. The van der Waals surface area contributed by atoms with Crippen LogP contribution in [0.4, 0.5) is 0 Å². The van der Waals surface area contributed by atoms with E-state index in [9.17, 15) is 4.79 Å². The number of hydrogen-bond acceptors (Lipinski definition) is 3. The highest BCUT2D eigenvalue weighted by Gasteiger charge is 2.44. The number of nitrogens with zero attached hydrogens (tertiary/aromatic N) is 1. The van der Waals surface area contributed by atoms with Crippen LogP contribution in [0, 0.1) is 0 Å². The molecule has 0 aromatic rings. The van der Waals surface area contributed by atoms with Gasteiger partial charge >= 0.3 is 0 Å². The second-order valence-electron chi connectivity index (χ2n) is 5.31. The van der Waals surface area contributed by atoms with E-state index in [1.165, 1.54) is 25.0 Å². The zero-order valence-corrected chi connectivity index (χ0v) is 10.1.